The molecule has 3 rings (SSSR count). The van der Waals surface area contributed by atoms with Crippen LogP contribution in [0.25, 0.3) is 0 Å². The minimum atomic E-state index is -0.212. The fourth-order valence-corrected chi connectivity index (χ4v) is 2.77. The first-order valence-corrected chi connectivity index (χ1v) is 5.18. The van der Waals surface area contributed by atoms with Crippen molar-refractivity contribution in [2.75, 3.05) is 0 Å². The zero-order chi connectivity index (χ0) is 9.47. The molecule has 0 spiro atoms. The first kappa shape index (κ1) is 9.01. The second kappa shape index (κ2) is 2.98. The Bertz CT molecular complexity index is 252. The Morgan fingerprint density at radius 3 is 3.00 bits per heavy atom. The molecule has 13 heavy (non-hydrogen) atoms. The Morgan fingerprint density at radius 2 is 2.54 bits per heavy atom. The summed E-state index contributed by atoms with van der Waals surface area (Å²) in [6.45, 7) is 6.03. The van der Waals surface area contributed by atoms with Gasteiger partial charge in [0.05, 0.1) is 6.10 Å². The highest BCUT2D eigenvalue weighted by Gasteiger charge is 2.39. The van der Waals surface area contributed by atoms with E-state index in [0.717, 1.165) is 18.8 Å². The summed E-state index contributed by atoms with van der Waals surface area (Å²) >= 11 is 0. The summed E-state index contributed by atoms with van der Waals surface area (Å²) in [5.74, 6) is 0.739. The van der Waals surface area contributed by atoms with Crippen LogP contribution in [-0.2, 0) is 0 Å². The second-order valence-electron chi connectivity index (χ2n) is 4.67. The maximum Gasteiger partial charge on any atom is 0.0523 e. The van der Waals surface area contributed by atoms with Gasteiger partial charge in [-0.05, 0) is 38.5 Å². The maximum absolute atomic E-state index is 9.46. The van der Waals surface area contributed by atoms with Crippen LogP contribution in [0.1, 0.15) is 32.6 Å². The minimum Gasteiger partial charge on any atom is -0.393 e. The summed E-state index contributed by atoms with van der Waals surface area (Å²) in [6.07, 6.45) is 8.87. The van der Waals surface area contributed by atoms with Gasteiger partial charge in [-0.2, -0.15) is 0 Å². The third-order valence-corrected chi connectivity index (χ3v) is 3.52. The van der Waals surface area contributed by atoms with Gasteiger partial charge in [0.1, 0.15) is 0 Å². The van der Waals surface area contributed by atoms with Gasteiger partial charge in [-0.25, -0.2) is 0 Å². The molecule has 3 atom stereocenters. The smallest absolute Gasteiger partial charge is 0.0523 e. The van der Waals surface area contributed by atoms with Gasteiger partial charge in [-0.1, -0.05) is 24.3 Å². The molecule has 1 nitrogen and oxygen atoms in total. The van der Waals surface area contributed by atoms with Crippen molar-refractivity contribution in [3.05, 3.63) is 24.3 Å². The standard InChI is InChI=1S/C12H18O/c1-9-7-11-3-5-12(9,6-4-11)8-10(2)13/h3,5,10-11,13H,1,4,6-8H2,2H3. The molecule has 1 saturated carbocycles. The van der Waals surface area contributed by atoms with Gasteiger partial charge in [-0.3, -0.25) is 0 Å². The van der Waals surface area contributed by atoms with Crippen molar-refractivity contribution < 1.29 is 5.11 Å². The summed E-state index contributed by atoms with van der Waals surface area (Å²) in [5.41, 5.74) is 1.48. The number of hydrogen-bond donors (Lipinski definition) is 1. The minimum absolute atomic E-state index is 0.142. The van der Waals surface area contributed by atoms with E-state index in [1.807, 2.05) is 6.92 Å². The first-order chi connectivity index (χ1) is 6.12. The average molecular weight is 178 g/mol. The van der Waals surface area contributed by atoms with E-state index in [9.17, 15) is 5.11 Å². The molecule has 0 amide bonds. The van der Waals surface area contributed by atoms with Crippen LogP contribution in [-0.4, -0.2) is 11.2 Å². The zero-order valence-electron chi connectivity index (χ0n) is 8.29. The van der Waals surface area contributed by atoms with Crippen molar-refractivity contribution in [3.63, 3.8) is 0 Å². The molecule has 0 aliphatic heterocycles. The largest absolute Gasteiger partial charge is 0.393 e. The maximum atomic E-state index is 9.46. The van der Waals surface area contributed by atoms with Gasteiger partial charge >= 0.3 is 0 Å². The molecule has 3 unspecified atom stereocenters. The van der Waals surface area contributed by atoms with Crippen LogP contribution in [0.3, 0.4) is 0 Å². The van der Waals surface area contributed by atoms with Crippen LogP contribution in [0.15, 0.2) is 24.3 Å². The van der Waals surface area contributed by atoms with E-state index < -0.39 is 0 Å². The third kappa shape index (κ3) is 1.46. The second-order valence-corrected chi connectivity index (χ2v) is 4.67. The van der Waals surface area contributed by atoms with E-state index in [1.54, 1.807) is 0 Å². The number of rotatable bonds is 2. The Hall–Kier alpha value is -0.560. The quantitative estimate of drug-likeness (QED) is 0.644. The molecule has 3 aliphatic rings. The fourth-order valence-electron chi connectivity index (χ4n) is 2.77. The molecule has 0 saturated heterocycles. The van der Waals surface area contributed by atoms with E-state index in [0.29, 0.717) is 0 Å². The molecule has 1 heteroatoms. The van der Waals surface area contributed by atoms with Crippen molar-refractivity contribution in [1.82, 2.24) is 0 Å². The Labute approximate surface area is 80.2 Å². The van der Waals surface area contributed by atoms with Gasteiger partial charge in [0.15, 0.2) is 0 Å². The van der Waals surface area contributed by atoms with E-state index in [-0.39, 0.29) is 11.5 Å². The summed E-state index contributed by atoms with van der Waals surface area (Å²) in [6, 6.07) is 0. The van der Waals surface area contributed by atoms with Gasteiger partial charge in [0, 0.05) is 5.41 Å². The Kier molecular flexibility index (Phi) is 2.07. The molecule has 0 aromatic carbocycles. The van der Waals surface area contributed by atoms with Crippen molar-refractivity contribution in [1.29, 1.82) is 0 Å². The third-order valence-electron chi connectivity index (χ3n) is 3.52. The zero-order valence-corrected chi connectivity index (χ0v) is 8.29. The molecule has 0 radical (unpaired) electrons. The van der Waals surface area contributed by atoms with Gasteiger partial charge in [0.2, 0.25) is 0 Å². The Balaban J connectivity index is 2.23. The van der Waals surface area contributed by atoms with Crippen LogP contribution in [0.2, 0.25) is 0 Å². The number of aliphatic hydroxyl groups excluding tert-OH is 1. The number of fused-ring (bicyclic) bond motifs is 2. The van der Waals surface area contributed by atoms with Crippen molar-refractivity contribution in [3.8, 4) is 0 Å². The predicted molar refractivity (Wildman–Crippen MR) is 54.4 cm³/mol. The molecule has 1 N–H and O–H groups in total. The van der Waals surface area contributed by atoms with Gasteiger partial charge < -0.3 is 5.11 Å². The number of aliphatic hydroxyl groups is 1. The first-order valence-electron chi connectivity index (χ1n) is 5.18. The molecule has 0 heterocycles. The lowest BCUT2D eigenvalue weighted by Crippen LogP contribution is -2.34. The van der Waals surface area contributed by atoms with Crippen molar-refractivity contribution in [2.24, 2.45) is 11.3 Å². The van der Waals surface area contributed by atoms with E-state index in [1.165, 1.54) is 18.4 Å². The summed E-state index contributed by atoms with van der Waals surface area (Å²) in [7, 11) is 0. The van der Waals surface area contributed by atoms with Gasteiger partial charge in [-0.15, -0.1) is 0 Å². The van der Waals surface area contributed by atoms with Crippen LogP contribution < -0.4 is 0 Å². The highest BCUT2D eigenvalue weighted by molar-refractivity contribution is 5.29. The molecule has 0 aromatic rings. The monoisotopic (exact) mass is 178 g/mol. The lowest BCUT2D eigenvalue weighted by Gasteiger charge is -2.44. The fraction of sp³-hybridized carbons (Fsp3) is 0.667. The summed E-state index contributed by atoms with van der Waals surface area (Å²) < 4.78 is 0. The molecular weight excluding hydrogens is 160 g/mol. The SMILES string of the molecule is C=C1CC2C=CC1(CC(C)O)CC2. The van der Waals surface area contributed by atoms with Crippen LogP contribution in [0, 0.1) is 11.3 Å². The van der Waals surface area contributed by atoms with E-state index in [4.69, 9.17) is 0 Å². The molecule has 3 aliphatic carbocycles. The highest BCUT2D eigenvalue weighted by atomic mass is 16.3. The lowest BCUT2D eigenvalue weighted by atomic mass is 9.61. The topological polar surface area (TPSA) is 20.2 Å². The average Bonchev–Trinajstić information content (AvgIpc) is 2.06. The van der Waals surface area contributed by atoms with Gasteiger partial charge in [0.25, 0.3) is 0 Å². The molecule has 1 fully saturated rings. The molecule has 2 bridgehead atoms. The Morgan fingerprint density at radius 1 is 1.77 bits per heavy atom. The number of allylic oxidation sites excluding steroid dienone is 3. The molecule has 72 valence electrons. The van der Waals surface area contributed by atoms with E-state index >= 15 is 0 Å². The normalized spacial score (nSPS) is 39.5. The highest BCUT2D eigenvalue weighted by Crippen LogP contribution is 2.51. The van der Waals surface area contributed by atoms with Crippen molar-refractivity contribution >= 4 is 0 Å². The summed E-state index contributed by atoms with van der Waals surface area (Å²) in [5, 5.41) is 9.46. The lowest BCUT2D eigenvalue weighted by molar-refractivity contribution is 0.126. The van der Waals surface area contributed by atoms with Crippen LogP contribution in [0.5, 0.6) is 0 Å². The summed E-state index contributed by atoms with van der Waals surface area (Å²) in [4.78, 5) is 0. The van der Waals surface area contributed by atoms with E-state index in [2.05, 4.69) is 18.7 Å². The van der Waals surface area contributed by atoms with Crippen molar-refractivity contribution in [2.45, 2.75) is 38.7 Å². The molecular formula is C12H18O. The predicted octanol–water partition coefficient (Wildman–Crippen LogP) is 2.67. The molecule has 0 aromatic heterocycles. The number of hydrogen-bond acceptors (Lipinski definition) is 1. The van der Waals surface area contributed by atoms with Crippen LogP contribution in [0.4, 0.5) is 0 Å². The van der Waals surface area contributed by atoms with Crippen LogP contribution >= 0.6 is 0 Å².